The Morgan fingerprint density at radius 3 is 2.30 bits per heavy atom. The van der Waals surface area contributed by atoms with Gasteiger partial charge in [-0.05, 0) is 24.5 Å². The van der Waals surface area contributed by atoms with Gasteiger partial charge in [0.15, 0.2) is 5.78 Å². The molecule has 1 aromatic carbocycles. The first kappa shape index (κ1) is 14.4. The largest absolute Gasteiger partial charge is 0.297 e. The predicted octanol–water partition coefficient (Wildman–Crippen LogP) is 1.87. The Labute approximate surface area is 116 Å². The van der Waals surface area contributed by atoms with Crippen LogP contribution < -0.4 is 0 Å². The van der Waals surface area contributed by atoms with E-state index in [9.17, 15) is 18.8 Å². The van der Waals surface area contributed by atoms with Gasteiger partial charge in [0.2, 0.25) is 11.8 Å². The number of nitrogens with zero attached hydrogens (tertiary/aromatic N) is 1. The van der Waals surface area contributed by atoms with E-state index in [-0.39, 0.29) is 36.1 Å². The highest BCUT2D eigenvalue weighted by atomic mass is 19.1. The molecule has 0 atom stereocenters. The summed E-state index contributed by atoms with van der Waals surface area (Å²) in [5.41, 5.74) is 0.284. The summed E-state index contributed by atoms with van der Waals surface area (Å²) < 4.78 is 13.4. The molecule has 4 nitrogen and oxygen atoms in total. The monoisotopic (exact) mass is 277 g/mol. The number of ketones is 1. The first-order chi connectivity index (χ1) is 9.58. The molecular formula is C15H16FNO3. The van der Waals surface area contributed by atoms with Crippen LogP contribution in [0.1, 0.15) is 31.2 Å². The number of imide groups is 1. The Balaban J connectivity index is 2.01. The quantitative estimate of drug-likeness (QED) is 0.789. The van der Waals surface area contributed by atoms with Crippen molar-refractivity contribution in [2.45, 2.75) is 32.1 Å². The molecule has 1 aliphatic heterocycles. The molecule has 0 bridgehead atoms. The van der Waals surface area contributed by atoms with Gasteiger partial charge in [-0.25, -0.2) is 4.39 Å². The smallest absolute Gasteiger partial charge is 0.229 e. The second-order valence-corrected chi connectivity index (χ2v) is 4.89. The van der Waals surface area contributed by atoms with Crippen LogP contribution in [0.15, 0.2) is 24.3 Å². The summed E-state index contributed by atoms with van der Waals surface area (Å²) in [5, 5.41) is 0. The molecule has 0 aromatic heterocycles. The van der Waals surface area contributed by atoms with Crippen molar-refractivity contribution in [1.82, 2.24) is 4.90 Å². The van der Waals surface area contributed by atoms with Crippen LogP contribution in [-0.2, 0) is 20.8 Å². The third-order valence-corrected chi connectivity index (χ3v) is 3.31. The average Bonchev–Trinajstić information content (AvgIpc) is 2.57. The highest BCUT2D eigenvalue weighted by Crippen LogP contribution is 2.13. The normalized spacial score (nSPS) is 16.1. The molecular weight excluding hydrogens is 261 g/mol. The minimum absolute atomic E-state index is 0.107. The lowest BCUT2D eigenvalue weighted by Gasteiger charge is -2.17. The predicted molar refractivity (Wildman–Crippen MR) is 70.3 cm³/mol. The highest BCUT2D eigenvalue weighted by Gasteiger charge is 2.26. The van der Waals surface area contributed by atoms with Crippen molar-refractivity contribution in [3.8, 4) is 0 Å². The zero-order chi connectivity index (χ0) is 14.5. The summed E-state index contributed by atoms with van der Waals surface area (Å²) >= 11 is 0. The van der Waals surface area contributed by atoms with E-state index in [1.54, 1.807) is 12.1 Å². The number of carbonyl (C=O) groups is 3. The van der Waals surface area contributed by atoms with Crippen molar-refractivity contribution in [2.75, 3.05) is 6.54 Å². The van der Waals surface area contributed by atoms with E-state index in [0.717, 1.165) is 4.90 Å². The number of benzene rings is 1. The van der Waals surface area contributed by atoms with Crippen molar-refractivity contribution in [1.29, 1.82) is 0 Å². The Hall–Kier alpha value is -2.04. The van der Waals surface area contributed by atoms with Gasteiger partial charge in [0.1, 0.15) is 5.82 Å². The van der Waals surface area contributed by atoms with Gasteiger partial charge in [-0.3, -0.25) is 19.3 Å². The summed E-state index contributed by atoms with van der Waals surface area (Å²) in [6, 6.07) is 6.00. The van der Waals surface area contributed by atoms with Gasteiger partial charge in [-0.1, -0.05) is 18.2 Å². The molecule has 0 N–H and O–H groups in total. The van der Waals surface area contributed by atoms with Gasteiger partial charge in [0.25, 0.3) is 0 Å². The van der Waals surface area contributed by atoms with Gasteiger partial charge in [-0.2, -0.15) is 0 Å². The topological polar surface area (TPSA) is 54.5 Å². The van der Waals surface area contributed by atoms with Gasteiger partial charge < -0.3 is 0 Å². The number of amides is 2. The summed E-state index contributed by atoms with van der Waals surface area (Å²) in [7, 11) is 0. The number of carbonyl (C=O) groups excluding carboxylic acids is 3. The second kappa shape index (κ2) is 6.41. The molecule has 0 aliphatic carbocycles. The molecule has 106 valence electrons. The molecule has 1 heterocycles. The fourth-order valence-electron chi connectivity index (χ4n) is 2.22. The van der Waals surface area contributed by atoms with Crippen molar-refractivity contribution < 1.29 is 18.8 Å². The Bertz CT molecular complexity index is 524. The maximum Gasteiger partial charge on any atom is 0.229 e. The lowest BCUT2D eigenvalue weighted by molar-refractivity contribution is -0.146. The first-order valence-corrected chi connectivity index (χ1v) is 6.66. The molecule has 1 saturated heterocycles. The first-order valence-electron chi connectivity index (χ1n) is 6.66. The van der Waals surface area contributed by atoms with Gasteiger partial charge in [0, 0.05) is 19.3 Å². The third kappa shape index (κ3) is 3.50. The van der Waals surface area contributed by atoms with Crippen molar-refractivity contribution in [3.05, 3.63) is 35.6 Å². The van der Waals surface area contributed by atoms with Crippen LogP contribution in [0.4, 0.5) is 4.39 Å². The van der Waals surface area contributed by atoms with Gasteiger partial charge in [0.05, 0.1) is 6.54 Å². The molecule has 5 heteroatoms. The molecule has 1 aromatic rings. The standard InChI is InChI=1S/C15H16FNO3/c16-13-6-2-1-5-11(13)9-12(18)10-17-14(19)7-3-4-8-15(17)20/h1-2,5-6H,3-4,7-10H2. The van der Waals surface area contributed by atoms with Crippen LogP contribution in [0.5, 0.6) is 0 Å². The minimum atomic E-state index is -0.450. The van der Waals surface area contributed by atoms with Crippen LogP contribution in [0.3, 0.4) is 0 Å². The van der Waals surface area contributed by atoms with Crippen molar-refractivity contribution >= 4 is 17.6 Å². The SMILES string of the molecule is O=C(Cc1ccccc1F)CN1C(=O)CCCCC1=O. The van der Waals surface area contributed by atoms with E-state index < -0.39 is 5.82 Å². The summed E-state index contributed by atoms with van der Waals surface area (Å²) in [6.07, 6.45) is 1.81. The van der Waals surface area contributed by atoms with E-state index in [4.69, 9.17) is 0 Å². The fourth-order valence-corrected chi connectivity index (χ4v) is 2.22. The van der Waals surface area contributed by atoms with E-state index in [1.807, 2.05) is 0 Å². The number of likely N-dealkylation sites (tertiary alicyclic amines) is 1. The number of halogens is 1. The molecule has 1 aliphatic rings. The molecule has 0 radical (unpaired) electrons. The molecule has 2 rings (SSSR count). The zero-order valence-corrected chi connectivity index (χ0v) is 11.1. The molecule has 0 saturated carbocycles. The number of rotatable bonds is 4. The Kier molecular flexibility index (Phi) is 4.61. The molecule has 20 heavy (non-hydrogen) atoms. The zero-order valence-electron chi connectivity index (χ0n) is 11.1. The second-order valence-electron chi connectivity index (χ2n) is 4.89. The van der Waals surface area contributed by atoms with Crippen molar-refractivity contribution in [3.63, 3.8) is 0 Å². The van der Waals surface area contributed by atoms with Crippen LogP contribution >= 0.6 is 0 Å². The number of hydrogen-bond acceptors (Lipinski definition) is 3. The minimum Gasteiger partial charge on any atom is -0.297 e. The van der Waals surface area contributed by atoms with Crippen LogP contribution in [0.25, 0.3) is 0 Å². The Morgan fingerprint density at radius 1 is 1.10 bits per heavy atom. The molecule has 0 spiro atoms. The number of Topliss-reactive ketones (excluding diaryl/α,β-unsaturated/α-hetero) is 1. The lowest BCUT2D eigenvalue weighted by Crippen LogP contribution is -2.39. The van der Waals surface area contributed by atoms with Gasteiger partial charge >= 0.3 is 0 Å². The average molecular weight is 277 g/mol. The maximum absolute atomic E-state index is 13.4. The maximum atomic E-state index is 13.4. The Morgan fingerprint density at radius 2 is 1.70 bits per heavy atom. The molecule has 2 amide bonds. The van der Waals surface area contributed by atoms with Crippen LogP contribution in [0, 0.1) is 5.82 Å². The summed E-state index contributed by atoms with van der Waals surface area (Å²) in [4.78, 5) is 36.5. The molecule has 1 fully saturated rings. The summed E-state index contributed by atoms with van der Waals surface area (Å²) in [6.45, 7) is -0.258. The van der Waals surface area contributed by atoms with Crippen LogP contribution in [-0.4, -0.2) is 29.0 Å². The lowest BCUT2D eigenvalue weighted by atomic mass is 10.1. The van der Waals surface area contributed by atoms with Gasteiger partial charge in [-0.15, -0.1) is 0 Å². The fraction of sp³-hybridized carbons (Fsp3) is 0.400. The van der Waals surface area contributed by atoms with E-state index in [1.165, 1.54) is 12.1 Å². The highest BCUT2D eigenvalue weighted by molar-refractivity contribution is 6.00. The van der Waals surface area contributed by atoms with E-state index in [2.05, 4.69) is 0 Å². The van der Waals surface area contributed by atoms with Crippen molar-refractivity contribution in [2.24, 2.45) is 0 Å². The summed E-state index contributed by atoms with van der Waals surface area (Å²) in [5.74, 6) is -1.41. The van der Waals surface area contributed by atoms with E-state index in [0.29, 0.717) is 25.7 Å². The molecule has 0 unspecified atom stereocenters. The van der Waals surface area contributed by atoms with E-state index >= 15 is 0 Å². The number of hydrogen-bond donors (Lipinski definition) is 0. The third-order valence-electron chi connectivity index (χ3n) is 3.31. The van der Waals surface area contributed by atoms with Crippen LogP contribution in [0.2, 0.25) is 0 Å².